The zero-order valence-electron chi connectivity index (χ0n) is 17.4. The van der Waals surface area contributed by atoms with E-state index in [0.717, 1.165) is 48.8 Å². The molecule has 4 heteroatoms. The van der Waals surface area contributed by atoms with E-state index >= 15 is 0 Å². The van der Waals surface area contributed by atoms with Gasteiger partial charge in [-0.2, -0.15) is 0 Å². The van der Waals surface area contributed by atoms with E-state index in [0.29, 0.717) is 0 Å². The van der Waals surface area contributed by atoms with Crippen LogP contribution in [0.1, 0.15) is 65.4 Å². The number of benzene rings is 2. The van der Waals surface area contributed by atoms with Crippen LogP contribution in [0.15, 0.2) is 48.5 Å². The molecule has 28 heavy (non-hydrogen) atoms. The van der Waals surface area contributed by atoms with Crippen LogP contribution >= 0.6 is 0 Å². The zero-order chi connectivity index (χ0) is 20.7. The molecule has 0 saturated carbocycles. The van der Waals surface area contributed by atoms with E-state index in [2.05, 4.69) is 13.8 Å². The molecule has 152 valence electrons. The molecule has 0 aliphatic rings. The fourth-order valence-corrected chi connectivity index (χ4v) is 3.86. The molecule has 0 bridgehead atoms. The van der Waals surface area contributed by atoms with Crippen molar-refractivity contribution in [1.82, 2.24) is 4.90 Å². The largest absolute Gasteiger partial charge is 0.465 e. The molecule has 0 aliphatic heterocycles. The first-order valence-corrected chi connectivity index (χ1v) is 10.2. The molecule has 3 nitrogen and oxygen atoms in total. The summed E-state index contributed by atoms with van der Waals surface area (Å²) in [5, 5.41) is 10.0. The van der Waals surface area contributed by atoms with Gasteiger partial charge in [0.1, 0.15) is 5.82 Å². The first-order chi connectivity index (χ1) is 13.3. The number of carboxylic acid groups (broad SMARTS) is 1. The summed E-state index contributed by atoms with van der Waals surface area (Å²) in [4.78, 5) is 13.8. The number of nitrogens with zero attached hydrogens (tertiary/aromatic N) is 1. The fraction of sp³-hybridized carbons (Fsp3) is 0.458. The molecule has 0 heterocycles. The molecule has 0 aromatic heterocycles. The summed E-state index contributed by atoms with van der Waals surface area (Å²) in [5.41, 5.74) is 2.13. The second-order valence-electron chi connectivity index (χ2n) is 7.86. The summed E-state index contributed by atoms with van der Waals surface area (Å²) in [5.74, 6) is -0.268. The maximum atomic E-state index is 13.2. The van der Waals surface area contributed by atoms with Gasteiger partial charge in [-0.1, -0.05) is 63.4 Å². The molecule has 2 aromatic carbocycles. The van der Waals surface area contributed by atoms with Gasteiger partial charge in [0.05, 0.1) is 5.54 Å². The normalized spacial score (nSPS) is 12.6. The van der Waals surface area contributed by atoms with Gasteiger partial charge in [-0.15, -0.1) is 0 Å². The minimum absolute atomic E-state index is 0.0199. The third-order valence-electron chi connectivity index (χ3n) is 5.53. The summed E-state index contributed by atoms with van der Waals surface area (Å²) in [6.07, 6.45) is 4.04. The Morgan fingerprint density at radius 1 is 1.07 bits per heavy atom. The average Bonchev–Trinajstić information content (AvgIpc) is 2.67. The Hall–Kier alpha value is -2.36. The molecule has 0 saturated heterocycles. The van der Waals surface area contributed by atoms with E-state index in [9.17, 15) is 14.3 Å². The van der Waals surface area contributed by atoms with E-state index < -0.39 is 11.6 Å². The summed E-state index contributed by atoms with van der Waals surface area (Å²) >= 11 is 0. The first kappa shape index (κ1) is 21.9. The maximum Gasteiger partial charge on any atom is 0.408 e. The summed E-state index contributed by atoms with van der Waals surface area (Å²) in [7, 11) is 0. The van der Waals surface area contributed by atoms with Crippen molar-refractivity contribution in [2.75, 3.05) is 0 Å². The summed E-state index contributed by atoms with van der Waals surface area (Å²) in [6.45, 7) is 8.14. The van der Waals surface area contributed by atoms with Crippen molar-refractivity contribution in [2.45, 2.75) is 71.4 Å². The Bertz CT molecular complexity index is 770. The lowest BCUT2D eigenvalue weighted by molar-refractivity contribution is 0.0547. The molecule has 2 aromatic rings. The van der Waals surface area contributed by atoms with Gasteiger partial charge in [0.25, 0.3) is 0 Å². The van der Waals surface area contributed by atoms with Crippen molar-refractivity contribution >= 4 is 6.09 Å². The van der Waals surface area contributed by atoms with Gasteiger partial charge in [0.2, 0.25) is 0 Å². The number of hydrogen-bond acceptors (Lipinski definition) is 1. The third kappa shape index (κ3) is 5.12. The highest BCUT2D eigenvalue weighted by atomic mass is 19.1. The molecule has 0 fully saturated rings. The number of unbranched alkanes of at least 4 members (excludes halogenated alkanes) is 2. The van der Waals surface area contributed by atoms with Gasteiger partial charge in [-0.05, 0) is 61.6 Å². The Kier molecular flexibility index (Phi) is 7.61. The Morgan fingerprint density at radius 2 is 1.75 bits per heavy atom. The zero-order valence-corrected chi connectivity index (χ0v) is 17.4. The monoisotopic (exact) mass is 385 g/mol. The van der Waals surface area contributed by atoms with E-state index in [1.54, 1.807) is 17.0 Å². The standard InChI is InChI=1S/C24H32FNO2/c1-5-7-8-12-22(6-2)26(23(27)28)24(3,4)20-11-9-10-19(17-20)18-13-15-21(25)16-14-18/h9-11,13-17,22H,5-8,12H2,1-4H3,(H,27,28). The molecule has 1 unspecified atom stereocenters. The second kappa shape index (κ2) is 9.72. The highest BCUT2D eigenvalue weighted by molar-refractivity contribution is 5.68. The Morgan fingerprint density at radius 3 is 2.32 bits per heavy atom. The van der Waals surface area contributed by atoms with Crippen LogP contribution in [0.4, 0.5) is 9.18 Å². The fourth-order valence-electron chi connectivity index (χ4n) is 3.86. The third-order valence-corrected chi connectivity index (χ3v) is 5.53. The van der Waals surface area contributed by atoms with Crippen LogP contribution < -0.4 is 0 Å². The molecule has 0 radical (unpaired) electrons. The number of carbonyl (C=O) groups is 1. The number of halogens is 1. The van der Waals surface area contributed by atoms with Gasteiger partial charge < -0.3 is 5.11 Å². The van der Waals surface area contributed by atoms with Crippen molar-refractivity contribution in [3.05, 3.63) is 59.9 Å². The highest BCUT2D eigenvalue weighted by Crippen LogP contribution is 2.34. The number of amides is 1. The predicted molar refractivity (Wildman–Crippen MR) is 113 cm³/mol. The Balaban J connectivity index is 2.37. The summed E-state index contributed by atoms with van der Waals surface area (Å²) < 4.78 is 13.2. The second-order valence-corrected chi connectivity index (χ2v) is 7.86. The van der Waals surface area contributed by atoms with Crippen LogP contribution in [-0.4, -0.2) is 22.1 Å². The number of rotatable bonds is 9. The van der Waals surface area contributed by atoms with Crippen molar-refractivity contribution in [2.24, 2.45) is 0 Å². The molecule has 0 spiro atoms. The minimum atomic E-state index is -0.888. The van der Waals surface area contributed by atoms with Gasteiger partial charge in [-0.3, -0.25) is 4.90 Å². The van der Waals surface area contributed by atoms with Gasteiger partial charge in [0, 0.05) is 6.04 Å². The lowest BCUT2D eigenvalue weighted by Gasteiger charge is -2.42. The van der Waals surface area contributed by atoms with Crippen LogP contribution in [0.5, 0.6) is 0 Å². The maximum absolute atomic E-state index is 13.2. The van der Waals surface area contributed by atoms with Crippen LogP contribution in [0.3, 0.4) is 0 Å². The molecule has 1 amide bonds. The van der Waals surface area contributed by atoms with Gasteiger partial charge in [0.15, 0.2) is 0 Å². The average molecular weight is 386 g/mol. The van der Waals surface area contributed by atoms with Crippen LogP contribution in [0.25, 0.3) is 11.1 Å². The van der Waals surface area contributed by atoms with E-state index in [-0.39, 0.29) is 11.9 Å². The Labute approximate surface area is 168 Å². The van der Waals surface area contributed by atoms with Crippen LogP contribution in [-0.2, 0) is 5.54 Å². The van der Waals surface area contributed by atoms with E-state index in [1.165, 1.54) is 12.1 Å². The van der Waals surface area contributed by atoms with Crippen LogP contribution in [0.2, 0.25) is 0 Å². The van der Waals surface area contributed by atoms with Crippen molar-refractivity contribution in [3.8, 4) is 11.1 Å². The molecule has 2 rings (SSSR count). The molecule has 0 aliphatic carbocycles. The SMILES string of the molecule is CCCCCC(CC)N(C(=O)O)C(C)(C)c1cccc(-c2ccc(F)cc2)c1. The lowest BCUT2D eigenvalue weighted by atomic mass is 9.87. The van der Waals surface area contributed by atoms with Gasteiger partial charge in [-0.25, -0.2) is 9.18 Å². The number of hydrogen-bond donors (Lipinski definition) is 1. The highest BCUT2D eigenvalue weighted by Gasteiger charge is 2.37. The van der Waals surface area contributed by atoms with Crippen molar-refractivity contribution in [3.63, 3.8) is 0 Å². The van der Waals surface area contributed by atoms with E-state index in [4.69, 9.17) is 0 Å². The van der Waals surface area contributed by atoms with Gasteiger partial charge >= 0.3 is 6.09 Å². The van der Waals surface area contributed by atoms with Crippen molar-refractivity contribution in [1.29, 1.82) is 0 Å². The molecular weight excluding hydrogens is 353 g/mol. The first-order valence-electron chi connectivity index (χ1n) is 10.2. The molecule has 1 atom stereocenters. The van der Waals surface area contributed by atoms with E-state index in [1.807, 2.05) is 38.1 Å². The van der Waals surface area contributed by atoms with Crippen LogP contribution in [0, 0.1) is 5.82 Å². The smallest absolute Gasteiger partial charge is 0.408 e. The summed E-state index contributed by atoms with van der Waals surface area (Å²) in [6, 6.07) is 14.3. The lowest BCUT2D eigenvalue weighted by Crippen LogP contribution is -2.50. The topological polar surface area (TPSA) is 40.5 Å². The minimum Gasteiger partial charge on any atom is -0.465 e. The predicted octanol–water partition coefficient (Wildman–Crippen LogP) is 7.07. The molecular formula is C24H32FNO2. The molecule has 1 N–H and O–H groups in total. The van der Waals surface area contributed by atoms with Crippen molar-refractivity contribution < 1.29 is 14.3 Å². The quantitative estimate of drug-likeness (QED) is 0.469.